The Hall–Kier alpha value is -0.830. The van der Waals surface area contributed by atoms with E-state index in [0.29, 0.717) is 6.54 Å². The predicted octanol–water partition coefficient (Wildman–Crippen LogP) is 0.969. The molecule has 0 radical (unpaired) electrons. The molecule has 0 rings (SSSR count). The molecule has 0 aliphatic carbocycles. The highest BCUT2D eigenvalue weighted by molar-refractivity contribution is 5.79. The summed E-state index contributed by atoms with van der Waals surface area (Å²) in [6, 6.07) is 0. The second-order valence-corrected chi connectivity index (χ2v) is 2.50. The molecule has 3 heteroatoms. The third-order valence-electron chi connectivity index (χ3n) is 1.28. The molecule has 0 amide bonds. The van der Waals surface area contributed by atoms with Crippen molar-refractivity contribution in [1.82, 2.24) is 4.90 Å². The fraction of sp³-hybridized carbons (Fsp3) is 0.625. The van der Waals surface area contributed by atoms with E-state index in [1.165, 1.54) is 6.08 Å². The van der Waals surface area contributed by atoms with Crippen LogP contribution in [0, 0.1) is 0 Å². The smallest absolute Gasteiger partial charge is 0.328 e. The summed E-state index contributed by atoms with van der Waals surface area (Å²) >= 11 is 0. The fourth-order valence-corrected chi connectivity index (χ4v) is 0.806. The van der Waals surface area contributed by atoms with Crippen LogP contribution in [0.25, 0.3) is 0 Å². The van der Waals surface area contributed by atoms with Gasteiger partial charge in [-0.15, -0.1) is 0 Å². The Bertz CT molecular complexity index is 143. The van der Waals surface area contributed by atoms with Gasteiger partial charge in [-0.2, -0.15) is 0 Å². The first-order chi connectivity index (χ1) is 5.16. The summed E-state index contributed by atoms with van der Waals surface area (Å²) in [4.78, 5) is 12.1. The zero-order chi connectivity index (χ0) is 8.69. The molecule has 11 heavy (non-hydrogen) atoms. The number of carboxylic acids is 1. The summed E-state index contributed by atoms with van der Waals surface area (Å²) in [5.74, 6) is -0.880. The Morgan fingerprint density at radius 1 is 1.64 bits per heavy atom. The molecule has 0 aromatic carbocycles. The van der Waals surface area contributed by atoms with Crippen LogP contribution in [0.4, 0.5) is 0 Å². The van der Waals surface area contributed by atoms with Crippen LogP contribution in [0.1, 0.15) is 13.3 Å². The average molecular weight is 157 g/mol. The first-order valence-electron chi connectivity index (χ1n) is 3.74. The molecule has 0 aromatic heterocycles. The molecular formula is C8H15NO2. The van der Waals surface area contributed by atoms with Crippen molar-refractivity contribution in [3.63, 3.8) is 0 Å². The normalized spacial score (nSPS) is 11.2. The van der Waals surface area contributed by atoms with Crippen molar-refractivity contribution in [2.75, 3.05) is 20.1 Å². The zero-order valence-corrected chi connectivity index (χ0v) is 7.08. The van der Waals surface area contributed by atoms with E-state index in [4.69, 9.17) is 5.11 Å². The SMILES string of the molecule is CCCN(C)C/C=C/C(=O)O. The lowest BCUT2D eigenvalue weighted by Gasteiger charge is -2.11. The maximum Gasteiger partial charge on any atom is 0.328 e. The van der Waals surface area contributed by atoms with Crippen LogP contribution in [-0.2, 0) is 4.79 Å². The van der Waals surface area contributed by atoms with Crippen LogP contribution in [0.5, 0.6) is 0 Å². The van der Waals surface area contributed by atoms with E-state index in [1.807, 2.05) is 7.05 Å². The van der Waals surface area contributed by atoms with E-state index in [-0.39, 0.29) is 0 Å². The third-order valence-corrected chi connectivity index (χ3v) is 1.28. The van der Waals surface area contributed by atoms with Gasteiger partial charge in [0.25, 0.3) is 0 Å². The average Bonchev–Trinajstić information content (AvgIpc) is 1.87. The molecule has 0 bridgehead atoms. The second-order valence-electron chi connectivity index (χ2n) is 2.50. The molecule has 1 N–H and O–H groups in total. The Balaban J connectivity index is 3.44. The number of likely N-dealkylation sites (N-methyl/N-ethyl adjacent to an activating group) is 1. The number of hydrogen-bond donors (Lipinski definition) is 1. The van der Waals surface area contributed by atoms with Gasteiger partial charge in [0.1, 0.15) is 0 Å². The van der Waals surface area contributed by atoms with Crippen LogP contribution < -0.4 is 0 Å². The third kappa shape index (κ3) is 7.06. The quantitative estimate of drug-likeness (QED) is 0.604. The Kier molecular flexibility index (Phi) is 5.47. The maximum atomic E-state index is 10.0. The van der Waals surface area contributed by atoms with Gasteiger partial charge >= 0.3 is 5.97 Å². The largest absolute Gasteiger partial charge is 0.478 e. The number of carbonyl (C=O) groups is 1. The highest BCUT2D eigenvalue weighted by Gasteiger charge is 1.91. The molecule has 0 aromatic rings. The van der Waals surface area contributed by atoms with E-state index in [0.717, 1.165) is 13.0 Å². The summed E-state index contributed by atoms with van der Waals surface area (Å²) in [5.41, 5.74) is 0. The molecule has 0 spiro atoms. The minimum atomic E-state index is -0.880. The summed E-state index contributed by atoms with van der Waals surface area (Å²) in [7, 11) is 1.97. The number of nitrogens with zero attached hydrogens (tertiary/aromatic N) is 1. The zero-order valence-electron chi connectivity index (χ0n) is 7.08. The van der Waals surface area contributed by atoms with Crippen molar-refractivity contribution in [3.8, 4) is 0 Å². The molecule has 0 aliphatic rings. The Morgan fingerprint density at radius 3 is 2.73 bits per heavy atom. The van der Waals surface area contributed by atoms with Crippen LogP contribution in [0.3, 0.4) is 0 Å². The first kappa shape index (κ1) is 10.2. The molecule has 0 aliphatic heterocycles. The molecule has 0 atom stereocenters. The topological polar surface area (TPSA) is 40.5 Å². The Morgan fingerprint density at radius 2 is 2.27 bits per heavy atom. The van der Waals surface area contributed by atoms with Crippen molar-refractivity contribution in [2.24, 2.45) is 0 Å². The van der Waals surface area contributed by atoms with E-state index < -0.39 is 5.97 Å². The minimum Gasteiger partial charge on any atom is -0.478 e. The first-order valence-corrected chi connectivity index (χ1v) is 3.74. The number of carboxylic acid groups (broad SMARTS) is 1. The summed E-state index contributed by atoms with van der Waals surface area (Å²) in [6.45, 7) is 3.81. The number of aliphatic carboxylic acids is 1. The van der Waals surface area contributed by atoms with Gasteiger partial charge in [0.15, 0.2) is 0 Å². The van der Waals surface area contributed by atoms with Crippen molar-refractivity contribution in [2.45, 2.75) is 13.3 Å². The van der Waals surface area contributed by atoms with Gasteiger partial charge in [0, 0.05) is 12.6 Å². The summed E-state index contributed by atoms with van der Waals surface area (Å²) in [6.07, 6.45) is 3.92. The summed E-state index contributed by atoms with van der Waals surface area (Å²) in [5, 5.41) is 8.25. The lowest BCUT2D eigenvalue weighted by Crippen LogP contribution is -2.18. The van der Waals surface area contributed by atoms with Gasteiger partial charge in [-0.3, -0.25) is 0 Å². The van der Waals surface area contributed by atoms with Gasteiger partial charge in [-0.05, 0) is 20.0 Å². The van der Waals surface area contributed by atoms with Crippen molar-refractivity contribution >= 4 is 5.97 Å². The van der Waals surface area contributed by atoms with Gasteiger partial charge < -0.3 is 10.0 Å². The Labute approximate surface area is 67.3 Å². The van der Waals surface area contributed by atoms with Crippen LogP contribution >= 0.6 is 0 Å². The van der Waals surface area contributed by atoms with Crippen molar-refractivity contribution < 1.29 is 9.90 Å². The van der Waals surface area contributed by atoms with E-state index in [9.17, 15) is 4.79 Å². The highest BCUT2D eigenvalue weighted by atomic mass is 16.4. The minimum absolute atomic E-state index is 0.708. The molecule has 0 saturated carbocycles. The van der Waals surface area contributed by atoms with E-state index in [1.54, 1.807) is 6.08 Å². The second kappa shape index (κ2) is 5.92. The highest BCUT2D eigenvalue weighted by Crippen LogP contribution is 1.86. The van der Waals surface area contributed by atoms with Gasteiger partial charge in [0.2, 0.25) is 0 Å². The van der Waals surface area contributed by atoms with Crippen molar-refractivity contribution in [1.29, 1.82) is 0 Å². The molecule has 0 unspecified atom stereocenters. The van der Waals surface area contributed by atoms with Gasteiger partial charge in [-0.25, -0.2) is 4.79 Å². The molecule has 3 nitrogen and oxygen atoms in total. The molecular weight excluding hydrogens is 142 g/mol. The lowest BCUT2D eigenvalue weighted by atomic mass is 10.4. The van der Waals surface area contributed by atoms with Crippen LogP contribution in [0.15, 0.2) is 12.2 Å². The predicted molar refractivity (Wildman–Crippen MR) is 44.6 cm³/mol. The number of hydrogen-bond acceptors (Lipinski definition) is 2. The van der Waals surface area contributed by atoms with Crippen LogP contribution in [0.2, 0.25) is 0 Å². The van der Waals surface area contributed by atoms with Gasteiger partial charge in [0.05, 0.1) is 0 Å². The van der Waals surface area contributed by atoms with E-state index in [2.05, 4.69) is 11.8 Å². The van der Waals surface area contributed by atoms with Gasteiger partial charge in [-0.1, -0.05) is 13.0 Å². The standard InChI is InChI=1S/C8H15NO2/c1-3-6-9(2)7-4-5-8(10)11/h4-5H,3,6-7H2,1-2H3,(H,10,11)/b5-4+. The lowest BCUT2D eigenvalue weighted by molar-refractivity contribution is -0.131. The maximum absolute atomic E-state index is 10.0. The molecule has 64 valence electrons. The fourth-order valence-electron chi connectivity index (χ4n) is 0.806. The van der Waals surface area contributed by atoms with Crippen molar-refractivity contribution in [3.05, 3.63) is 12.2 Å². The van der Waals surface area contributed by atoms with E-state index >= 15 is 0 Å². The molecule has 0 saturated heterocycles. The summed E-state index contributed by atoms with van der Waals surface area (Å²) < 4.78 is 0. The number of rotatable bonds is 5. The molecule has 0 heterocycles. The monoisotopic (exact) mass is 157 g/mol. The molecule has 0 fully saturated rings. The van der Waals surface area contributed by atoms with Crippen LogP contribution in [-0.4, -0.2) is 36.1 Å².